The summed E-state index contributed by atoms with van der Waals surface area (Å²) in [5.41, 5.74) is 8.94. The van der Waals surface area contributed by atoms with Gasteiger partial charge in [-0.1, -0.05) is 30.3 Å². The van der Waals surface area contributed by atoms with Crippen LogP contribution in [0.1, 0.15) is 5.56 Å². The molecule has 0 bridgehead atoms. The van der Waals surface area contributed by atoms with Crippen molar-refractivity contribution in [2.24, 2.45) is 5.73 Å². The number of ether oxygens (including phenoxy) is 2. The fourth-order valence-corrected chi connectivity index (χ4v) is 1.85. The molecule has 0 aromatic heterocycles. The van der Waals surface area contributed by atoms with Gasteiger partial charge in [0, 0.05) is 6.54 Å². The third-order valence-corrected chi connectivity index (χ3v) is 2.91. The Hall–Kier alpha value is -2.00. The van der Waals surface area contributed by atoms with E-state index in [0.29, 0.717) is 6.54 Å². The minimum absolute atomic E-state index is 0.562. The van der Waals surface area contributed by atoms with Gasteiger partial charge in [-0.05, 0) is 28.8 Å². The van der Waals surface area contributed by atoms with Crippen LogP contribution in [-0.2, 0) is 6.54 Å². The summed E-state index contributed by atoms with van der Waals surface area (Å²) in [6, 6.07) is 14.1. The standard InChI is InChI=1S/C15H17NO2/c1-17-14-8-7-13(9-15(14)18-2)12-5-3-11(10-16)4-6-12/h3-9H,10,16H2,1-2H3. The molecule has 0 unspecified atom stereocenters. The van der Waals surface area contributed by atoms with Crippen LogP contribution in [-0.4, -0.2) is 14.2 Å². The minimum atomic E-state index is 0.562. The smallest absolute Gasteiger partial charge is 0.161 e. The molecule has 18 heavy (non-hydrogen) atoms. The summed E-state index contributed by atoms with van der Waals surface area (Å²) in [6.07, 6.45) is 0. The summed E-state index contributed by atoms with van der Waals surface area (Å²) in [5, 5.41) is 0. The van der Waals surface area contributed by atoms with E-state index in [-0.39, 0.29) is 0 Å². The summed E-state index contributed by atoms with van der Waals surface area (Å²) >= 11 is 0. The van der Waals surface area contributed by atoms with Gasteiger partial charge in [-0.2, -0.15) is 0 Å². The molecule has 3 nitrogen and oxygen atoms in total. The summed E-state index contributed by atoms with van der Waals surface area (Å²) < 4.78 is 10.5. The Kier molecular flexibility index (Phi) is 3.85. The topological polar surface area (TPSA) is 44.5 Å². The van der Waals surface area contributed by atoms with Crippen molar-refractivity contribution in [2.45, 2.75) is 6.54 Å². The van der Waals surface area contributed by atoms with E-state index in [9.17, 15) is 0 Å². The number of nitrogens with two attached hydrogens (primary N) is 1. The molecule has 0 amide bonds. The summed E-state index contributed by atoms with van der Waals surface area (Å²) in [4.78, 5) is 0. The molecule has 2 aromatic carbocycles. The van der Waals surface area contributed by atoms with Crippen LogP contribution in [0.25, 0.3) is 11.1 Å². The monoisotopic (exact) mass is 243 g/mol. The van der Waals surface area contributed by atoms with Crippen molar-refractivity contribution in [3.8, 4) is 22.6 Å². The van der Waals surface area contributed by atoms with Crippen LogP contribution in [0, 0.1) is 0 Å². The van der Waals surface area contributed by atoms with Crippen molar-refractivity contribution >= 4 is 0 Å². The highest BCUT2D eigenvalue weighted by Crippen LogP contribution is 2.32. The molecule has 2 N–H and O–H groups in total. The molecule has 0 aliphatic rings. The van der Waals surface area contributed by atoms with Crippen molar-refractivity contribution in [2.75, 3.05) is 14.2 Å². The SMILES string of the molecule is COc1ccc(-c2ccc(CN)cc2)cc1OC. The fourth-order valence-electron chi connectivity index (χ4n) is 1.85. The third kappa shape index (κ3) is 2.46. The fraction of sp³-hybridized carbons (Fsp3) is 0.200. The molecule has 0 aliphatic heterocycles. The summed E-state index contributed by atoms with van der Waals surface area (Å²) in [7, 11) is 3.27. The molecule has 0 heterocycles. The van der Waals surface area contributed by atoms with E-state index in [4.69, 9.17) is 15.2 Å². The zero-order valence-electron chi connectivity index (χ0n) is 10.6. The van der Waals surface area contributed by atoms with Crippen molar-refractivity contribution in [3.63, 3.8) is 0 Å². The molecule has 2 rings (SSSR count). The molecule has 0 radical (unpaired) electrons. The zero-order chi connectivity index (χ0) is 13.0. The maximum atomic E-state index is 5.59. The van der Waals surface area contributed by atoms with E-state index in [1.54, 1.807) is 14.2 Å². The van der Waals surface area contributed by atoms with Crippen molar-refractivity contribution in [1.82, 2.24) is 0 Å². The first-order valence-electron chi connectivity index (χ1n) is 5.80. The lowest BCUT2D eigenvalue weighted by molar-refractivity contribution is 0.355. The van der Waals surface area contributed by atoms with Gasteiger partial charge < -0.3 is 15.2 Å². The largest absolute Gasteiger partial charge is 0.493 e. The average Bonchev–Trinajstić information content (AvgIpc) is 2.46. The Labute approximate surface area is 107 Å². The van der Waals surface area contributed by atoms with Gasteiger partial charge in [0.2, 0.25) is 0 Å². The van der Waals surface area contributed by atoms with E-state index in [1.807, 2.05) is 30.3 Å². The van der Waals surface area contributed by atoms with Crippen LogP contribution in [0.5, 0.6) is 11.5 Å². The number of rotatable bonds is 4. The molecule has 94 valence electrons. The highest BCUT2D eigenvalue weighted by molar-refractivity contribution is 5.67. The maximum Gasteiger partial charge on any atom is 0.161 e. The number of benzene rings is 2. The van der Waals surface area contributed by atoms with E-state index in [2.05, 4.69) is 12.1 Å². The molecule has 2 aromatic rings. The number of hydrogen-bond acceptors (Lipinski definition) is 3. The lowest BCUT2D eigenvalue weighted by Crippen LogP contribution is -1.95. The molecule has 0 saturated carbocycles. The van der Waals surface area contributed by atoms with Crippen molar-refractivity contribution in [1.29, 1.82) is 0 Å². The Bertz CT molecular complexity index is 521. The normalized spacial score (nSPS) is 10.2. The van der Waals surface area contributed by atoms with Gasteiger partial charge in [0.15, 0.2) is 11.5 Å². The summed E-state index contributed by atoms with van der Waals surface area (Å²) in [5.74, 6) is 1.47. The molecule has 0 spiro atoms. The van der Waals surface area contributed by atoms with E-state index in [1.165, 1.54) is 0 Å². The Balaban J connectivity index is 2.37. The van der Waals surface area contributed by atoms with Gasteiger partial charge >= 0.3 is 0 Å². The van der Waals surface area contributed by atoms with Crippen LogP contribution < -0.4 is 15.2 Å². The highest BCUT2D eigenvalue weighted by atomic mass is 16.5. The molecule has 0 saturated heterocycles. The quantitative estimate of drug-likeness (QED) is 0.898. The molecular weight excluding hydrogens is 226 g/mol. The molecular formula is C15H17NO2. The second-order valence-corrected chi connectivity index (χ2v) is 3.97. The Morgan fingerprint density at radius 1 is 0.833 bits per heavy atom. The van der Waals surface area contributed by atoms with Crippen LogP contribution in [0.2, 0.25) is 0 Å². The van der Waals surface area contributed by atoms with Gasteiger partial charge in [-0.3, -0.25) is 0 Å². The molecule has 0 aliphatic carbocycles. The van der Waals surface area contributed by atoms with Gasteiger partial charge in [-0.15, -0.1) is 0 Å². The molecule has 3 heteroatoms. The van der Waals surface area contributed by atoms with Crippen molar-refractivity contribution in [3.05, 3.63) is 48.0 Å². The predicted molar refractivity (Wildman–Crippen MR) is 72.9 cm³/mol. The van der Waals surface area contributed by atoms with Gasteiger partial charge in [0.1, 0.15) is 0 Å². The number of hydrogen-bond donors (Lipinski definition) is 1. The van der Waals surface area contributed by atoms with Gasteiger partial charge in [0.05, 0.1) is 14.2 Å². The first kappa shape index (κ1) is 12.5. The lowest BCUT2D eigenvalue weighted by atomic mass is 10.0. The minimum Gasteiger partial charge on any atom is -0.493 e. The average molecular weight is 243 g/mol. The van der Waals surface area contributed by atoms with Crippen LogP contribution in [0.15, 0.2) is 42.5 Å². The van der Waals surface area contributed by atoms with Crippen LogP contribution in [0.3, 0.4) is 0 Å². The van der Waals surface area contributed by atoms with Gasteiger partial charge in [-0.25, -0.2) is 0 Å². The predicted octanol–water partition coefficient (Wildman–Crippen LogP) is 2.83. The van der Waals surface area contributed by atoms with E-state index < -0.39 is 0 Å². The Morgan fingerprint density at radius 3 is 2.00 bits per heavy atom. The zero-order valence-corrected chi connectivity index (χ0v) is 10.6. The maximum absolute atomic E-state index is 5.59. The summed E-state index contributed by atoms with van der Waals surface area (Å²) in [6.45, 7) is 0.562. The molecule has 0 atom stereocenters. The van der Waals surface area contributed by atoms with Crippen LogP contribution >= 0.6 is 0 Å². The van der Waals surface area contributed by atoms with Crippen molar-refractivity contribution < 1.29 is 9.47 Å². The highest BCUT2D eigenvalue weighted by Gasteiger charge is 2.05. The third-order valence-electron chi connectivity index (χ3n) is 2.91. The number of methoxy groups -OCH3 is 2. The lowest BCUT2D eigenvalue weighted by Gasteiger charge is -2.10. The second kappa shape index (κ2) is 5.56. The first-order valence-corrected chi connectivity index (χ1v) is 5.80. The Morgan fingerprint density at radius 2 is 1.44 bits per heavy atom. The van der Waals surface area contributed by atoms with E-state index >= 15 is 0 Å². The van der Waals surface area contributed by atoms with Gasteiger partial charge in [0.25, 0.3) is 0 Å². The second-order valence-electron chi connectivity index (χ2n) is 3.97. The first-order chi connectivity index (χ1) is 8.78. The molecule has 0 fully saturated rings. The van der Waals surface area contributed by atoms with E-state index in [0.717, 1.165) is 28.2 Å². The van der Waals surface area contributed by atoms with Crippen LogP contribution in [0.4, 0.5) is 0 Å².